The van der Waals surface area contributed by atoms with Crippen LogP contribution in [0.5, 0.6) is 0 Å². The van der Waals surface area contributed by atoms with E-state index in [-0.39, 0.29) is 37.8 Å². The molecule has 0 fully saturated rings. The maximum absolute atomic E-state index is 14.0. The molecule has 0 bridgehead atoms. The molecule has 0 radical (unpaired) electrons. The summed E-state index contributed by atoms with van der Waals surface area (Å²) in [6, 6.07) is 33.2. The van der Waals surface area contributed by atoms with Crippen LogP contribution in [0.25, 0.3) is 0 Å². The van der Waals surface area contributed by atoms with Gasteiger partial charge in [0.15, 0.2) is 0 Å². The van der Waals surface area contributed by atoms with Crippen molar-refractivity contribution in [3.8, 4) is 0 Å². The molecule has 4 aromatic rings. The summed E-state index contributed by atoms with van der Waals surface area (Å²) < 4.78 is 0. The second-order valence-electron chi connectivity index (χ2n) is 14.2. The Hall–Kier alpha value is -5.68. The zero-order valence-electron chi connectivity index (χ0n) is 31.5. The molecule has 0 aliphatic rings. The maximum atomic E-state index is 14.0. The number of hydrogen-bond donors (Lipinski definition) is 7. The quantitative estimate of drug-likeness (QED) is 0.0778. The molecule has 5 atom stereocenters. The van der Waals surface area contributed by atoms with Crippen LogP contribution in [-0.4, -0.2) is 59.3 Å². The highest BCUT2D eigenvalue weighted by molar-refractivity contribution is 5.88. The monoisotopic (exact) mass is 734 g/mol. The lowest BCUT2D eigenvalue weighted by Gasteiger charge is -2.34. The molecule has 7 N–H and O–H groups in total. The van der Waals surface area contributed by atoms with Crippen molar-refractivity contribution >= 4 is 23.9 Å². The molecule has 0 aliphatic heterocycles. The first-order valence-electron chi connectivity index (χ1n) is 18.5. The third-order valence-corrected chi connectivity index (χ3v) is 9.14. The molecule has 11 heteroatoms. The van der Waals surface area contributed by atoms with Crippen LogP contribution in [0, 0.1) is 11.8 Å². The molecule has 0 aliphatic carbocycles. The lowest BCUT2D eigenvalue weighted by Crippen LogP contribution is -2.62. The van der Waals surface area contributed by atoms with Gasteiger partial charge in [0, 0.05) is 13.1 Å². The third kappa shape index (κ3) is 13.4. The first-order chi connectivity index (χ1) is 26.0. The van der Waals surface area contributed by atoms with E-state index in [1.165, 1.54) is 0 Å². The Labute approximate surface area is 318 Å². The van der Waals surface area contributed by atoms with E-state index in [1.54, 1.807) is 0 Å². The zero-order valence-corrected chi connectivity index (χ0v) is 31.5. The number of rotatable bonds is 18. The molecule has 0 heterocycles. The molecule has 2 unspecified atom stereocenters. The molecule has 0 spiro atoms. The topological polar surface area (TPSA) is 161 Å². The highest BCUT2D eigenvalue weighted by Gasteiger charge is 2.35. The van der Waals surface area contributed by atoms with Gasteiger partial charge in [-0.25, -0.2) is 9.59 Å². The largest absolute Gasteiger partial charge is 0.389 e. The zero-order chi connectivity index (χ0) is 38.9. The van der Waals surface area contributed by atoms with Crippen LogP contribution in [0.1, 0.15) is 49.9 Å². The van der Waals surface area contributed by atoms with Crippen molar-refractivity contribution in [2.24, 2.45) is 11.8 Å². The van der Waals surface area contributed by atoms with Gasteiger partial charge < -0.3 is 37.0 Å². The number of benzene rings is 4. The van der Waals surface area contributed by atoms with Crippen LogP contribution < -0.4 is 31.9 Å². The maximum Gasteiger partial charge on any atom is 0.315 e. The Morgan fingerprint density at radius 1 is 0.463 bits per heavy atom. The van der Waals surface area contributed by atoms with E-state index < -0.39 is 54.1 Å². The first kappa shape index (κ1) is 41.1. The van der Waals surface area contributed by atoms with Gasteiger partial charge in [0.1, 0.15) is 12.1 Å². The van der Waals surface area contributed by atoms with Gasteiger partial charge in [0.25, 0.3) is 0 Å². The summed E-state index contributed by atoms with van der Waals surface area (Å²) in [4.78, 5) is 53.9. The lowest BCUT2D eigenvalue weighted by atomic mass is 9.91. The van der Waals surface area contributed by atoms with Gasteiger partial charge in [-0.2, -0.15) is 0 Å². The fourth-order valence-electron chi connectivity index (χ4n) is 6.09. The second-order valence-corrected chi connectivity index (χ2v) is 14.2. The number of carbonyl (C=O) groups excluding carboxylic acids is 4. The Balaban J connectivity index is 1.54. The molecule has 0 saturated carbocycles. The van der Waals surface area contributed by atoms with E-state index in [1.807, 2.05) is 149 Å². The van der Waals surface area contributed by atoms with Gasteiger partial charge in [-0.1, -0.05) is 149 Å². The van der Waals surface area contributed by atoms with Crippen LogP contribution in [0.3, 0.4) is 0 Å². The Kier molecular flexibility index (Phi) is 16.1. The molecule has 54 heavy (non-hydrogen) atoms. The predicted molar refractivity (Wildman–Crippen MR) is 211 cm³/mol. The van der Waals surface area contributed by atoms with E-state index in [0.717, 1.165) is 22.3 Å². The van der Waals surface area contributed by atoms with E-state index in [4.69, 9.17) is 0 Å². The predicted octanol–water partition coefficient (Wildman–Crippen LogP) is 4.85. The van der Waals surface area contributed by atoms with Gasteiger partial charge in [-0.3, -0.25) is 9.59 Å². The summed E-state index contributed by atoms with van der Waals surface area (Å²) in [6.45, 7) is 7.90. The van der Waals surface area contributed by atoms with Gasteiger partial charge >= 0.3 is 12.1 Å². The van der Waals surface area contributed by atoms with Crippen molar-refractivity contribution in [2.45, 2.75) is 83.9 Å². The minimum atomic E-state index is -1.28. The minimum Gasteiger partial charge on any atom is -0.389 e. The molecule has 4 rings (SSSR count). The molecule has 11 nitrogen and oxygen atoms in total. The van der Waals surface area contributed by atoms with Crippen molar-refractivity contribution in [3.63, 3.8) is 0 Å². The van der Waals surface area contributed by atoms with Crippen LogP contribution in [-0.2, 0) is 35.5 Å². The third-order valence-electron chi connectivity index (χ3n) is 9.14. The molecule has 0 saturated heterocycles. The minimum absolute atomic E-state index is 0.244. The molecular weight excluding hydrogens is 681 g/mol. The normalized spacial score (nSPS) is 13.8. The van der Waals surface area contributed by atoms with E-state index in [2.05, 4.69) is 31.9 Å². The number of hydrogen-bond acceptors (Lipinski definition) is 5. The summed E-state index contributed by atoms with van der Waals surface area (Å²) in [5.41, 5.74) is 3.55. The Bertz CT molecular complexity index is 1610. The number of nitrogens with one attached hydrogen (secondary N) is 6. The lowest BCUT2D eigenvalue weighted by molar-refractivity contribution is -0.126. The summed E-state index contributed by atoms with van der Waals surface area (Å²) in [7, 11) is 0. The first-order valence-corrected chi connectivity index (χ1v) is 18.5. The second kappa shape index (κ2) is 21.1. The highest BCUT2D eigenvalue weighted by Crippen LogP contribution is 2.16. The molecule has 286 valence electrons. The molecule has 4 aromatic carbocycles. The van der Waals surface area contributed by atoms with Gasteiger partial charge in [-0.15, -0.1) is 0 Å². The van der Waals surface area contributed by atoms with Crippen molar-refractivity contribution in [3.05, 3.63) is 144 Å². The number of amides is 6. The average molecular weight is 735 g/mol. The summed E-state index contributed by atoms with van der Waals surface area (Å²) in [6.07, 6.45) is -0.792. The average Bonchev–Trinajstić information content (AvgIpc) is 3.17. The van der Waals surface area contributed by atoms with Crippen LogP contribution in [0.15, 0.2) is 121 Å². The number of aliphatic hydroxyl groups excluding tert-OH is 1. The van der Waals surface area contributed by atoms with E-state index in [0.29, 0.717) is 0 Å². The van der Waals surface area contributed by atoms with Gasteiger partial charge in [-0.05, 0) is 46.9 Å². The van der Waals surface area contributed by atoms with Crippen molar-refractivity contribution in [1.82, 2.24) is 31.9 Å². The van der Waals surface area contributed by atoms with Crippen LogP contribution in [0.2, 0.25) is 0 Å². The fourth-order valence-corrected chi connectivity index (χ4v) is 6.09. The fraction of sp³-hybridized carbons (Fsp3) is 0.349. The number of carbonyl (C=O) groups is 4. The van der Waals surface area contributed by atoms with Crippen LogP contribution in [0.4, 0.5) is 9.59 Å². The number of urea groups is 2. The summed E-state index contributed by atoms with van der Waals surface area (Å²) in [5.74, 6) is -1.51. The molecule has 6 amide bonds. The van der Waals surface area contributed by atoms with Crippen molar-refractivity contribution < 1.29 is 24.3 Å². The molecule has 0 aromatic heterocycles. The van der Waals surface area contributed by atoms with E-state index >= 15 is 0 Å². The standard InChI is InChI=1S/C43H54N6O5/c1-29(2)37(48-42(53)44-27-33-21-13-7-14-22-33)40(51)46-35(25-31-17-9-5-10-18-31)39(50)36(26-32-19-11-6-12-20-32)47-41(52)38(30(3)4)49-43(54)45-28-34-23-15-8-16-24-34/h5-24,29-30,35-39,50H,25-28H2,1-4H3,(H,46,51)(H,47,52)(H2,44,48,53)(H2,45,49,54)/t35-,36?,37-,38-,39?/m0/s1. The Morgan fingerprint density at radius 2 is 0.759 bits per heavy atom. The smallest absolute Gasteiger partial charge is 0.315 e. The summed E-state index contributed by atoms with van der Waals surface area (Å²) in [5, 5.41) is 29.4. The van der Waals surface area contributed by atoms with Crippen molar-refractivity contribution in [2.75, 3.05) is 0 Å². The number of aliphatic hydroxyl groups is 1. The van der Waals surface area contributed by atoms with Gasteiger partial charge in [0.05, 0.1) is 18.2 Å². The molecular formula is C43H54N6O5. The Morgan fingerprint density at radius 3 is 1.06 bits per heavy atom. The summed E-state index contributed by atoms with van der Waals surface area (Å²) >= 11 is 0. The SMILES string of the molecule is CC(C)[C@H](NC(=O)NCc1ccccc1)C(=O)NC(Cc1ccccc1)C(O)[C@H](Cc1ccccc1)NC(=O)[C@@H](NC(=O)NCc1ccccc1)C(C)C. The van der Waals surface area contributed by atoms with E-state index in [9.17, 15) is 24.3 Å². The highest BCUT2D eigenvalue weighted by atomic mass is 16.3. The van der Waals surface area contributed by atoms with Gasteiger partial charge in [0.2, 0.25) is 11.8 Å². The van der Waals surface area contributed by atoms with Crippen LogP contribution >= 0.6 is 0 Å². The van der Waals surface area contributed by atoms with Crippen molar-refractivity contribution in [1.29, 1.82) is 0 Å².